The average molecular weight is 493 g/mol. The van der Waals surface area contributed by atoms with Gasteiger partial charge in [-0.15, -0.1) is 0 Å². The van der Waals surface area contributed by atoms with E-state index in [0.29, 0.717) is 24.3 Å². The molecule has 0 saturated carbocycles. The van der Waals surface area contributed by atoms with Gasteiger partial charge in [-0.2, -0.15) is 0 Å². The van der Waals surface area contributed by atoms with Crippen LogP contribution in [-0.4, -0.2) is 70.7 Å². The number of hydrogen-bond acceptors (Lipinski definition) is 5. The number of carbonyl (C=O) groups is 2. The fourth-order valence-electron chi connectivity index (χ4n) is 4.69. The normalized spacial score (nSPS) is 20.8. The van der Waals surface area contributed by atoms with Crippen LogP contribution in [0.3, 0.4) is 0 Å². The third-order valence-corrected chi connectivity index (χ3v) is 7.01. The Labute approximate surface area is 213 Å². The van der Waals surface area contributed by atoms with Crippen LogP contribution in [0.15, 0.2) is 48.7 Å². The van der Waals surface area contributed by atoms with Gasteiger partial charge in [-0.25, -0.2) is 9.78 Å². The van der Waals surface area contributed by atoms with E-state index in [9.17, 15) is 14.7 Å². The molecule has 1 aliphatic carbocycles. The molecule has 0 spiro atoms. The second-order valence-corrected chi connectivity index (χ2v) is 9.85. The molecule has 0 radical (unpaired) electrons. The molecular formula is C28H36N4O4. The van der Waals surface area contributed by atoms with Crippen LogP contribution in [0.25, 0.3) is 5.57 Å². The molecule has 0 fully saturated rings. The Morgan fingerprint density at radius 2 is 2.08 bits per heavy atom. The number of benzene rings is 1. The van der Waals surface area contributed by atoms with E-state index in [2.05, 4.69) is 16.4 Å². The number of allylic oxidation sites excluding steroid dienone is 2. The number of pyridine rings is 1. The highest BCUT2D eigenvalue weighted by molar-refractivity contribution is 5.97. The average Bonchev–Trinajstić information content (AvgIpc) is 2.91. The van der Waals surface area contributed by atoms with Gasteiger partial charge in [-0.05, 0) is 61.9 Å². The molecule has 0 bridgehead atoms. The highest BCUT2D eigenvalue weighted by Crippen LogP contribution is 2.32. The first-order valence-corrected chi connectivity index (χ1v) is 12.7. The van der Waals surface area contributed by atoms with Crippen LogP contribution >= 0.6 is 0 Å². The van der Waals surface area contributed by atoms with Gasteiger partial charge in [0.1, 0.15) is 11.7 Å². The molecule has 2 N–H and O–H groups in total. The van der Waals surface area contributed by atoms with Gasteiger partial charge >= 0.3 is 6.03 Å². The lowest BCUT2D eigenvalue weighted by molar-refractivity contribution is 0.0356. The number of carbonyl (C=O) groups excluding carboxylic acids is 2. The van der Waals surface area contributed by atoms with E-state index in [-0.39, 0.29) is 36.4 Å². The lowest BCUT2D eigenvalue weighted by atomic mass is 9.93. The fraction of sp³-hybridized carbons (Fsp3) is 0.464. The zero-order chi connectivity index (χ0) is 25.7. The minimum Gasteiger partial charge on any atom is -0.472 e. The van der Waals surface area contributed by atoms with Gasteiger partial charge in [-0.1, -0.05) is 31.2 Å². The van der Waals surface area contributed by atoms with Crippen molar-refractivity contribution in [3.63, 3.8) is 0 Å². The number of urea groups is 1. The van der Waals surface area contributed by atoms with Crippen LogP contribution in [0.2, 0.25) is 0 Å². The minimum absolute atomic E-state index is 0.106. The van der Waals surface area contributed by atoms with Gasteiger partial charge in [0.2, 0.25) is 5.88 Å². The van der Waals surface area contributed by atoms with E-state index in [1.165, 1.54) is 12.0 Å². The van der Waals surface area contributed by atoms with Crippen molar-refractivity contribution in [2.24, 2.45) is 5.92 Å². The van der Waals surface area contributed by atoms with E-state index in [4.69, 9.17) is 4.74 Å². The maximum absolute atomic E-state index is 13.6. The van der Waals surface area contributed by atoms with Crippen LogP contribution in [-0.2, 0) is 0 Å². The first-order valence-electron chi connectivity index (χ1n) is 12.7. The summed E-state index contributed by atoms with van der Waals surface area (Å²) in [6.07, 6.45) is 7.89. The van der Waals surface area contributed by atoms with E-state index in [1.807, 2.05) is 50.2 Å². The molecule has 0 unspecified atom stereocenters. The summed E-state index contributed by atoms with van der Waals surface area (Å²) in [7, 11) is 1.72. The minimum atomic E-state index is -0.399. The van der Waals surface area contributed by atoms with Crippen molar-refractivity contribution >= 4 is 23.2 Å². The van der Waals surface area contributed by atoms with Crippen LogP contribution in [0.5, 0.6) is 5.88 Å². The topological polar surface area (TPSA) is 95.0 Å². The third-order valence-electron chi connectivity index (χ3n) is 7.01. The van der Waals surface area contributed by atoms with Gasteiger partial charge in [0, 0.05) is 31.4 Å². The van der Waals surface area contributed by atoms with Gasteiger partial charge in [0.05, 0.1) is 19.2 Å². The summed E-state index contributed by atoms with van der Waals surface area (Å²) in [5, 5.41) is 12.8. The van der Waals surface area contributed by atoms with Crippen molar-refractivity contribution < 1.29 is 19.4 Å². The first kappa shape index (κ1) is 25.7. The lowest BCUT2D eigenvalue weighted by Crippen LogP contribution is -2.50. The predicted molar refractivity (Wildman–Crippen MR) is 140 cm³/mol. The molecule has 1 aromatic heterocycles. The molecule has 1 aromatic carbocycles. The Balaban J connectivity index is 1.61. The van der Waals surface area contributed by atoms with Crippen LogP contribution < -0.4 is 10.1 Å². The van der Waals surface area contributed by atoms with E-state index in [0.717, 1.165) is 24.8 Å². The number of nitrogens with zero attached hydrogens (tertiary/aromatic N) is 3. The molecule has 4 rings (SSSR count). The Bertz CT molecular complexity index is 1100. The number of aliphatic hydroxyl groups excluding tert-OH is 1. The zero-order valence-corrected chi connectivity index (χ0v) is 21.3. The maximum atomic E-state index is 13.6. The molecular weight excluding hydrogens is 456 g/mol. The number of anilines is 1. The number of likely N-dealkylation sites (N-methyl/N-ethyl adjacent to an activating group) is 1. The Hall–Kier alpha value is -3.39. The molecule has 192 valence electrons. The summed E-state index contributed by atoms with van der Waals surface area (Å²) in [4.78, 5) is 34.3. The summed E-state index contributed by atoms with van der Waals surface area (Å²) in [5.41, 5.74) is 3.25. The molecule has 2 aromatic rings. The standard InChI is InChI=1S/C28H36N4O4/c1-19-16-32(20(2)18-33)27(34)24-14-22(21-10-6-4-7-11-21)15-29-26(24)36-25(19)17-31(3)28(35)30-23-12-8-5-9-13-23/h5,8-10,12-15,19-20,25,33H,4,6-7,11,16-18H2,1-3H3,(H,30,35)/t19-,20-,25-/m0/s1. The SMILES string of the molecule is C[C@H]1CN([C@@H](C)CO)C(=O)c2cc(C3=CCCCC3)cnc2O[C@H]1CN(C)C(=O)Nc1ccccc1. The zero-order valence-electron chi connectivity index (χ0n) is 21.3. The summed E-state index contributed by atoms with van der Waals surface area (Å²) < 4.78 is 6.33. The maximum Gasteiger partial charge on any atom is 0.321 e. The van der Waals surface area contributed by atoms with Gasteiger partial charge in [0.25, 0.3) is 5.91 Å². The molecule has 3 amide bonds. The van der Waals surface area contributed by atoms with Crippen molar-refractivity contribution in [3.8, 4) is 5.88 Å². The highest BCUT2D eigenvalue weighted by atomic mass is 16.5. The number of fused-ring (bicyclic) bond motifs is 1. The largest absolute Gasteiger partial charge is 0.472 e. The molecule has 36 heavy (non-hydrogen) atoms. The summed E-state index contributed by atoms with van der Waals surface area (Å²) in [6, 6.07) is 10.6. The van der Waals surface area contributed by atoms with Crippen LogP contribution in [0.1, 0.15) is 55.5 Å². The van der Waals surface area contributed by atoms with E-state index < -0.39 is 6.10 Å². The number of amides is 3. The molecule has 3 atom stereocenters. The van der Waals surface area contributed by atoms with Gasteiger partial charge < -0.3 is 25.0 Å². The molecule has 1 aliphatic heterocycles. The quantitative estimate of drug-likeness (QED) is 0.622. The van der Waals surface area contributed by atoms with Gasteiger partial charge in [-0.3, -0.25) is 4.79 Å². The van der Waals surface area contributed by atoms with Crippen molar-refractivity contribution in [2.45, 2.75) is 51.7 Å². The summed E-state index contributed by atoms with van der Waals surface area (Å²) in [6.45, 7) is 4.39. The second-order valence-electron chi connectivity index (χ2n) is 9.85. The molecule has 2 aliphatic rings. The van der Waals surface area contributed by atoms with Crippen molar-refractivity contribution in [3.05, 3.63) is 59.8 Å². The first-order chi connectivity index (χ1) is 17.4. The van der Waals surface area contributed by atoms with E-state index in [1.54, 1.807) is 23.0 Å². The van der Waals surface area contributed by atoms with Crippen molar-refractivity contribution in [1.82, 2.24) is 14.8 Å². The fourth-order valence-corrected chi connectivity index (χ4v) is 4.69. The second kappa shape index (κ2) is 11.6. The third kappa shape index (κ3) is 5.87. The lowest BCUT2D eigenvalue weighted by Gasteiger charge is -2.37. The number of nitrogens with one attached hydrogen (secondary N) is 1. The Kier molecular flexibility index (Phi) is 8.25. The summed E-state index contributed by atoms with van der Waals surface area (Å²) in [5.74, 6) is -0.0351. The predicted octanol–water partition coefficient (Wildman–Crippen LogP) is 4.42. The van der Waals surface area contributed by atoms with Crippen molar-refractivity contribution in [2.75, 3.05) is 32.1 Å². The van der Waals surface area contributed by atoms with Gasteiger partial charge in [0.15, 0.2) is 0 Å². The number of rotatable bonds is 6. The van der Waals surface area contributed by atoms with Crippen molar-refractivity contribution in [1.29, 1.82) is 0 Å². The highest BCUT2D eigenvalue weighted by Gasteiger charge is 2.35. The molecule has 8 heteroatoms. The summed E-state index contributed by atoms with van der Waals surface area (Å²) >= 11 is 0. The monoisotopic (exact) mass is 492 g/mol. The Morgan fingerprint density at radius 3 is 2.78 bits per heavy atom. The smallest absolute Gasteiger partial charge is 0.321 e. The number of para-hydroxylation sites is 1. The molecule has 0 saturated heterocycles. The van der Waals surface area contributed by atoms with Crippen LogP contribution in [0, 0.1) is 5.92 Å². The molecule has 2 heterocycles. The number of hydrogen-bond donors (Lipinski definition) is 2. The number of aromatic nitrogens is 1. The van der Waals surface area contributed by atoms with Crippen LogP contribution in [0.4, 0.5) is 10.5 Å². The van der Waals surface area contributed by atoms with E-state index >= 15 is 0 Å². The Morgan fingerprint density at radius 1 is 1.31 bits per heavy atom. The molecule has 8 nitrogen and oxygen atoms in total. The number of aliphatic hydroxyl groups is 1. The number of ether oxygens (including phenoxy) is 1.